The van der Waals surface area contributed by atoms with E-state index >= 15 is 0 Å². The van der Waals surface area contributed by atoms with Gasteiger partial charge in [0.05, 0.1) is 12.8 Å². The van der Waals surface area contributed by atoms with Crippen LogP contribution in [0.25, 0.3) is 6.08 Å². The molecule has 0 spiro atoms. The van der Waals surface area contributed by atoms with Crippen LogP contribution in [0.4, 0.5) is 8.78 Å². The predicted molar refractivity (Wildman–Crippen MR) is 76.7 cm³/mol. The third-order valence-corrected chi connectivity index (χ3v) is 3.06. The van der Waals surface area contributed by atoms with Crippen molar-refractivity contribution in [3.05, 3.63) is 65.6 Å². The zero-order valence-electron chi connectivity index (χ0n) is 11.8. The van der Waals surface area contributed by atoms with Crippen molar-refractivity contribution in [2.75, 3.05) is 6.54 Å². The van der Waals surface area contributed by atoms with E-state index in [1.54, 1.807) is 12.1 Å². The number of carbonyl (C=O) groups excluding carboxylic acids is 1. The Bertz CT molecular complexity index is 679. The van der Waals surface area contributed by atoms with Gasteiger partial charge < -0.3 is 14.8 Å². The zero-order chi connectivity index (χ0) is 16.2. The van der Waals surface area contributed by atoms with Crippen molar-refractivity contribution in [1.82, 2.24) is 5.32 Å². The van der Waals surface area contributed by atoms with E-state index in [0.717, 1.165) is 12.1 Å². The summed E-state index contributed by atoms with van der Waals surface area (Å²) < 4.78 is 31.6. The molecule has 0 aliphatic heterocycles. The average molecular weight is 307 g/mol. The van der Waals surface area contributed by atoms with E-state index in [1.165, 1.54) is 25.3 Å². The molecule has 1 aromatic carbocycles. The SMILES string of the molecule is C[C@](O)(CNC(=O)/C=C\c1ccco1)c1ccc(F)cc1F. The Labute approximate surface area is 126 Å². The average Bonchev–Trinajstić information content (AvgIpc) is 2.96. The Kier molecular flexibility index (Phi) is 4.72. The van der Waals surface area contributed by atoms with Gasteiger partial charge in [0.15, 0.2) is 0 Å². The first-order valence-electron chi connectivity index (χ1n) is 6.56. The Morgan fingerprint density at radius 1 is 1.41 bits per heavy atom. The van der Waals surface area contributed by atoms with Crippen molar-refractivity contribution in [2.24, 2.45) is 0 Å². The molecule has 0 aliphatic carbocycles. The predicted octanol–water partition coefficient (Wildman–Crippen LogP) is 2.59. The molecule has 2 N–H and O–H groups in total. The van der Waals surface area contributed by atoms with Gasteiger partial charge in [-0.15, -0.1) is 0 Å². The summed E-state index contributed by atoms with van der Waals surface area (Å²) in [5.41, 5.74) is -1.75. The lowest BCUT2D eigenvalue weighted by atomic mass is 9.95. The summed E-state index contributed by atoms with van der Waals surface area (Å²) in [5.74, 6) is -1.57. The third kappa shape index (κ3) is 4.02. The highest BCUT2D eigenvalue weighted by atomic mass is 19.1. The molecule has 0 saturated carbocycles. The molecule has 0 unspecified atom stereocenters. The molecule has 116 valence electrons. The van der Waals surface area contributed by atoms with E-state index in [-0.39, 0.29) is 12.1 Å². The largest absolute Gasteiger partial charge is 0.465 e. The van der Waals surface area contributed by atoms with Gasteiger partial charge in [-0.05, 0) is 31.2 Å². The van der Waals surface area contributed by atoms with Crippen molar-refractivity contribution >= 4 is 12.0 Å². The van der Waals surface area contributed by atoms with Gasteiger partial charge in [0, 0.05) is 17.7 Å². The number of halogens is 2. The summed E-state index contributed by atoms with van der Waals surface area (Å²) in [4.78, 5) is 11.7. The number of nitrogens with one attached hydrogen (secondary N) is 1. The van der Waals surface area contributed by atoms with Crippen LogP contribution in [-0.2, 0) is 10.4 Å². The summed E-state index contributed by atoms with van der Waals surface area (Å²) >= 11 is 0. The second-order valence-corrected chi connectivity index (χ2v) is 4.96. The summed E-state index contributed by atoms with van der Waals surface area (Å²) in [5, 5.41) is 12.7. The van der Waals surface area contributed by atoms with Crippen LogP contribution in [0.15, 0.2) is 47.1 Å². The molecule has 1 heterocycles. The zero-order valence-corrected chi connectivity index (χ0v) is 11.8. The summed E-state index contributed by atoms with van der Waals surface area (Å²) in [6, 6.07) is 6.23. The van der Waals surface area contributed by atoms with Crippen LogP contribution in [0, 0.1) is 11.6 Å². The Hall–Kier alpha value is -2.47. The molecule has 4 nitrogen and oxygen atoms in total. The van der Waals surface area contributed by atoms with Crippen LogP contribution in [0.2, 0.25) is 0 Å². The first-order valence-corrected chi connectivity index (χ1v) is 6.56. The fraction of sp³-hybridized carbons (Fsp3) is 0.188. The minimum atomic E-state index is -1.66. The lowest BCUT2D eigenvalue weighted by Gasteiger charge is -2.24. The fourth-order valence-corrected chi connectivity index (χ4v) is 1.88. The monoisotopic (exact) mass is 307 g/mol. The Balaban J connectivity index is 1.98. The molecule has 0 radical (unpaired) electrons. The van der Waals surface area contributed by atoms with Crippen LogP contribution in [0.5, 0.6) is 0 Å². The number of furan rings is 1. The number of hydrogen-bond donors (Lipinski definition) is 2. The van der Waals surface area contributed by atoms with Crippen molar-refractivity contribution in [3.63, 3.8) is 0 Å². The van der Waals surface area contributed by atoms with Gasteiger partial charge in [0.25, 0.3) is 0 Å². The first kappa shape index (κ1) is 15.9. The molecule has 2 aromatic rings. The van der Waals surface area contributed by atoms with E-state index in [9.17, 15) is 18.7 Å². The summed E-state index contributed by atoms with van der Waals surface area (Å²) in [6.45, 7) is 1.11. The minimum absolute atomic E-state index is 0.0933. The number of hydrogen-bond acceptors (Lipinski definition) is 3. The molecule has 1 amide bonds. The van der Waals surface area contributed by atoms with E-state index in [0.29, 0.717) is 11.8 Å². The molecular weight excluding hydrogens is 292 g/mol. The normalized spacial score (nSPS) is 14.0. The first-order chi connectivity index (χ1) is 10.4. The van der Waals surface area contributed by atoms with Gasteiger partial charge >= 0.3 is 0 Å². The maximum atomic E-state index is 13.7. The molecule has 0 aliphatic rings. The van der Waals surface area contributed by atoms with Crippen LogP contribution in [0.1, 0.15) is 18.2 Å². The van der Waals surface area contributed by atoms with Gasteiger partial charge in [0.1, 0.15) is 23.0 Å². The Morgan fingerprint density at radius 2 is 2.18 bits per heavy atom. The maximum Gasteiger partial charge on any atom is 0.244 e. The quantitative estimate of drug-likeness (QED) is 0.835. The van der Waals surface area contributed by atoms with Crippen molar-refractivity contribution in [3.8, 4) is 0 Å². The standard InChI is InChI=1S/C16H15F2NO3/c1-16(21,13-6-4-11(17)9-14(13)18)10-19-15(20)7-5-12-3-2-8-22-12/h2-9,21H,10H2,1H3,(H,19,20)/b7-5-/t16-/m0/s1. The van der Waals surface area contributed by atoms with Crippen LogP contribution in [0.3, 0.4) is 0 Å². The highest BCUT2D eigenvalue weighted by Crippen LogP contribution is 2.23. The van der Waals surface area contributed by atoms with Crippen molar-refractivity contribution in [2.45, 2.75) is 12.5 Å². The van der Waals surface area contributed by atoms with E-state index in [2.05, 4.69) is 5.32 Å². The second-order valence-electron chi connectivity index (χ2n) is 4.96. The van der Waals surface area contributed by atoms with E-state index < -0.39 is 23.1 Å². The van der Waals surface area contributed by atoms with Gasteiger partial charge in [-0.25, -0.2) is 8.78 Å². The smallest absolute Gasteiger partial charge is 0.244 e. The number of rotatable bonds is 5. The van der Waals surface area contributed by atoms with Gasteiger partial charge in [-0.2, -0.15) is 0 Å². The highest BCUT2D eigenvalue weighted by molar-refractivity contribution is 5.91. The van der Waals surface area contributed by atoms with Gasteiger partial charge in [-0.1, -0.05) is 6.07 Å². The molecule has 0 bridgehead atoms. The van der Waals surface area contributed by atoms with Crippen molar-refractivity contribution < 1.29 is 23.1 Å². The van der Waals surface area contributed by atoms with E-state index in [1.807, 2.05) is 0 Å². The minimum Gasteiger partial charge on any atom is -0.465 e. The summed E-state index contributed by atoms with van der Waals surface area (Å²) in [6.07, 6.45) is 4.16. The number of benzene rings is 1. The third-order valence-electron chi connectivity index (χ3n) is 3.06. The van der Waals surface area contributed by atoms with Crippen LogP contribution >= 0.6 is 0 Å². The molecule has 22 heavy (non-hydrogen) atoms. The topological polar surface area (TPSA) is 62.5 Å². The van der Waals surface area contributed by atoms with Crippen LogP contribution in [-0.4, -0.2) is 17.6 Å². The highest BCUT2D eigenvalue weighted by Gasteiger charge is 2.27. The molecule has 0 saturated heterocycles. The van der Waals surface area contributed by atoms with E-state index in [4.69, 9.17) is 4.42 Å². The molecule has 6 heteroatoms. The molecule has 0 fully saturated rings. The van der Waals surface area contributed by atoms with Crippen molar-refractivity contribution in [1.29, 1.82) is 0 Å². The second kappa shape index (κ2) is 6.53. The Morgan fingerprint density at radius 3 is 2.82 bits per heavy atom. The van der Waals surface area contributed by atoms with Gasteiger partial charge in [0.2, 0.25) is 5.91 Å². The number of carbonyl (C=O) groups is 1. The maximum absolute atomic E-state index is 13.7. The van der Waals surface area contributed by atoms with Gasteiger partial charge in [-0.3, -0.25) is 4.79 Å². The van der Waals surface area contributed by atoms with Crippen LogP contribution < -0.4 is 5.32 Å². The lowest BCUT2D eigenvalue weighted by molar-refractivity contribution is -0.117. The molecular formula is C16H15F2NO3. The molecule has 2 rings (SSSR count). The number of aliphatic hydroxyl groups is 1. The molecule has 1 atom stereocenters. The summed E-state index contributed by atoms with van der Waals surface area (Å²) in [7, 11) is 0. The number of amides is 1. The lowest BCUT2D eigenvalue weighted by Crippen LogP contribution is -2.38. The fourth-order valence-electron chi connectivity index (χ4n) is 1.88. The molecule has 1 aromatic heterocycles.